The van der Waals surface area contributed by atoms with E-state index in [4.69, 9.17) is 0 Å². The average molecular weight is 245 g/mol. The Labute approximate surface area is 110 Å². The lowest BCUT2D eigenvalue weighted by Crippen LogP contribution is -2.40. The van der Waals surface area contributed by atoms with Gasteiger partial charge in [-0.25, -0.2) is 0 Å². The third-order valence-corrected chi connectivity index (χ3v) is 5.02. The van der Waals surface area contributed by atoms with E-state index in [1.54, 1.807) is 0 Å². The van der Waals surface area contributed by atoms with Gasteiger partial charge in [-0.3, -0.25) is 4.90 Å². The van der Waals surface area contributed by atoms with E-state index in [9.17, 15) is 5.11 Å². The third kappa shape index (κ3) is 1.93. The number of benzene rings is 1. The molecule has 1 aromatic rings. The molecule has 18 heavy (non-hydrogen) atoms. The summed E-state index contributed by atoms with van der Waals surface area (Å²) in [7, 11) is 0. The summed E-state index contributed by atoms with van der Waals surface area (Å²) >= 11 is 0. The minimum absolute atomic E-state index is 0.494. The largest absolute Gasteiger partial charge is 0.508 e. The van der Waals surface area contributed by atoms with Crippen LogP contribution in [0.3, 0.4) is 0 Å². The summed E-state index contributed by atoms with van der Waals surface area (Å²) in [5, 5.41) is 9.92. The van der Waals surface area contributed by atoms with Crippen molar-refractivity contribution in [1.82, 2.24) is 4.90 Å². The van der Waals surface area contributed by atoms with Crippen LogP contribution in [0, 0.1) is 11.8 Å². The Morgan fingerprint density at radius 1 is 1.17 bits per heavy atom. The van der Waals surface area contributed by atoms with Gasteiger partial charge in [0, 0.05) is 12.6 Å². The predicted molar refractivity (Wildman–Crippen MR) is 73.7 cm³/mol. The molecular formula is C16H23NO. The quantitative estimate of drug-likeness (QED) is 0.820. The van der Waals surface area contributed by atoms with Gasteiger partial charge in [-0.05, 0) is 54.8 Å². The van der Waals surface area contributed by atoms with Gasteiger partial charge in [0.05, 0.1) is 0 Å². The number of phenolic OH excluding ortho intramolecular Hbond substituents is 1. The molecule has 2 heteroatoms. The molecule has 2 aliphatic rings. The fraction of sp³-hybridized carbons (Fsp3) is 0.625. The summed E-state index contributed by atoms with van der Waals surface area (Å²) in [5.41, 5.74) is 2.56. The van der Waals surface area contributed by atoms with E-state index in [0.29, 0.717) is 11.8 Å². The summed E-state index contributed by atoms with van der Waals surface area (Å²) in [6, 6.07) is 6.56. The lowest BCUT2D eigenvalue weighted by atomic mass is 9.87. The first kappa shape index (κ1) is 12.0. The van der Waals surface area contributed by atoms with Gasteiger partial charge in [0.25, 0.3) is 0 Å². The topological polar surface area (TPSA) is 23.5 Å². The molecule has 1 aromatic carbocycles. The van der Waals surface area contributed by atoms with Crippen molar-refractivity contribution in [3.8, 4) is 5.75 Å². The van der Waals surface area contributed by atoms with Crippen molar-refractivity contribution in [2.75, 3.05) is 13.1 Å². The van der Waals surface area contributed by atoms with Gasteiger partial charge in [0.1, 0.15) is 5.75 Å². The number of rotatable bonds is 1. The number of likely N-dealkylation sites (tertiary alicyclic amines) is 1. The average Bonchev–Trinajstić information content (AvgIpc) is 2.78. The van der Waals surface area contributed by atoms with E-state index < -0.39 is 0 Å². The summed E-state index contributed by atoms with van der Waals surface area (Å²) in [5.74, 6) is 2.14. The van der Waals surface area contributed by atoms with Gasteiger partial charge in [-0.2, -0.15) is 0 Å². The van der Waals surface area contributed by atoms with Crippen molar-refractivity contribution < 1.29 is 5.11 Å². The Kier molecular flexibility index (Phi) is 3.06. The molecule has 1 fully saturated rings. The Balaban J connectivity index is 1.82. The SMILES string of the molecule is CC1CCN(C2CCc3c(O)cccc32)CC1C. The highest BCUT2D eigenvalue weighted by Crippen LogP contribution is 2.41. The van der Waals surface area contributed by atoms with E-state index in [1.807, 2.05) is 12.1 Å². The van der Waals surface area contributed by atoms with Crippen LogP contribution < -0.4 is 0 Å². The lowest BCUT2D eigenvalue weighted by molar-refractivity contribution is 0.0955. The molecule has 0 radical (unpaired) electrons. The third-order valence-electron chi connectivity index (χ3n) is 5.02. The highest BCUT2D eigenvalue weighted by Gasteiger charge is 2.33. The lowest BCUT2D eigenvalue weighted by Gasteiger charge is -2.39. The van der Waals surface area contributed by atoms with Gasteiger partial charge >= 0.3 is 0 Å². The van der Waals surface area contributed by atoms with Crippen LogP contribution in [-0.2, 0) is 6.42 Å². The molecular weight excluding hydrogens is 222 g/mol. The first-order chi connectivity index (χ1) is 8.66. The van der Waals surface area contributed by atoms with Gasteiger partial charge in [-0.1, -0.05) is 26.0 Å². The van der Waals surface area contributed by atoms with Crippen molar-refractivity contribution in [1.29, 1.82) is 0 Å². The van der Waals surface area contributed by atoms with E-state index in [-0.39, 0.29) is 0 Å². The monoisotopic (exact) mass is 245 g/mol. The van der Waals surface area contributed by atoms with Gasteiger partial charge in [0.15, 0.2) is 0 Å². The van der Waals surface area contributed by atoms with Crippen LogP contribution in [0.15, 0.2) is 18.2 Å². The normalized spacial score (nSPS) is 32.4. The molecule has 1 aliphatic carbocycles. The van der Waals surface area contributed by atoms with Crippen LogP contribution in [0.5, 0.6) is 5.75 Å². The molecule has 1 aliphatic heterocycles. The number of hydrogen-bond donors (Lipinski definition) is 1. The summed E-state index contributed by atoms with van der Waals surface area (Å²) < 4.78 is 0. The van der Waals surface area contributed by atoms with E-state index in [0.717, 1.165) is 18.3 Å². The second-order valence-electron chi connectivity index (χ2n) is 6.14. The Bertz CT molecular complexity index is 443. The molecule has 0 bridgehead atoms. The van der Waals surface area contributed by atoms with Crippen molar-refractivity contribution in [2.45, 2.75) is 39.2 Å². The molecule has 1 saturated heterocycles. The zero-order valence-corrected chi connectivity index (χ0v) is 11.4. The Morgan fingerprint density at radius 3 is 2.78 bits per heavy atom. The molecule has 1 heterocycles. The first-order valence-electron chi connectivity index (χ1n) is 7.21. The van der Waals surface area contributed by atoms with Crippen molar-refractivity contribution >= 4 is 0 Å². The van der Waals surface area contributed by atoms with Gasteiger partial charge < -0.3 is 5.11 Å². The first-order valence-corrected chi connectivity index (χ1v) is 7.21. The maximum Gasteiger partial charge on any atom is 0.119 e. The molecule has 0 saturated carbocycles. The molecule has 98 valence electrons. The van der Waals surface area contributed by atoms with E-state index in [2.05, 4.69) is 24.8 Å². The smallest absolute Gasteiger partial charge is 0.119 e. The fourth-order valence-corrected chi connectivity index (χ4v) is 3.57. The maximum absolute atomic E-state index is 9.92. The van der Waals surface area contributed by atoms with E-state index in [1.165, 1.54) is 37.1 Å². The minimum atomic E-state index is 0.494. The number of phenols is 1. The minimum Gasteiger partial charge on any atom is -0.508 e. The van der Waals surface area contributed by atoms with Crippen LogP contribution >= 0.6 is 0 Å². The van der Waals surface area contributed by atoms with Crippen LogP contribution in [0.25, 0.3) is 0 Å². The maximum atomic E-state index is 9.92. The van der Waals surface area contributed by atoms with Crippen molar-refractivity contribution in [3.63, 3.8) is 0 Å². The highest BCUT2D eigenvalue weighted by molar-refractivity contribution is 5.44. The fourth-order valence-electron chi connectivity index (χ4n) is 3.57. The summed E-state index contributed by atoms with van der Waals surface area (Å²) in [6.07, 6.45) is 3.52. The number of nitrogens with zero attached hydrogens (tertiary/aromatic N) is 1. The van der Waals surface area contributed by atoms with Crippen molar-refractivity contribution in [3.05, 3.63) is 29.3 Å². The van der Waals surface area contributed by atoms with E-state index >= 15 is 0 Å². The zero-order valence-electron chi connectivity index (χ0n) is 11.4. The summed E-state index contributed by atoms with van der Waals surface area (Å²) in [6.45, 7) is 7.16. The van der Waals surface area contributed by atoms with Crippen molar-refractivity contribution in [2.24, 2.45) is 11.8 Å². The summed E-state index contributed by atoms with van der Waals surface area (Å²) in [4.78, 5) is 2.63. The second-order valence-corrected chi connectivity index (χ2v) is 6.14. The van der Waals surface area contributed by atoms with Crippen LogP contribution in [0.4, 0.5) is 0 Å². The van der Waals surface area contributed by atoms with Crippen LogP contribution in [-0.4, -0.2) is 23.1 Å². The molecule has 1 N–H and O–H groups in total. The number of piperidine rings is 1. The number of aromatic hydroxyl groups is 1. The Hall–Kier alpha value is -1.02. The highest BCUT2D eigenvalue weighted by atomic mass is 16.3. The standard InChI is InChI=1S/C16H23NO/c1-11-8-9-17(10-12(11)2)15-7-6-14-13(15)4-3-5-16(14)18/h3-5,11-12,15,18H,6-10H2,1-2H3. The molecule has 0 spiro atoms. The predicted octanol–water partition coefficient (Wildman–Crippen LogP) is 3.36. The van der Waals surface area contributed by atoms with Gasteiger partial charge in [0.2, 0.25) is 0 Å². The Morgan fingerprint density at radius 2 is 2.00 bits per heavy atom. The van der Waals surface area contributed by atoms with Crippen LogP contribution in [0.2, 0.25) is 0 Å². The molecule has 3 unspecified atom stereocenters. The molecule has 0 aromatic heterocycles. The molecule has 3 rings (SSSR count). The molecule has 0 amide bonds. The second kappa shape index (κ2) is 4.58. The molecule has 2 nitrogen and oxygen atoms in total. The number of hydrogen-bond acceptors (Lipinski definition) is 2. The zero-order chi connectivity index (χ0) is 12.7. The van der Waals surface area contributed by atoms with Gasteiger partial charge in [-0.15, -0.1) is 0 Å². The van der Waals surface area contributed by atoms with Crippen LogP contribution in [0.1, 0.15) is 43.9 Å². The number of fused-ring (bicyclic) bond motifs is 1. The molecule has 3 atom stereocenters.